The summed E-state index contributed by atoms with van der Waals surface area (Å²) < 4.78 is 10.3. The molecule has 1 aromatic rings. The minimum absolute atomic E-state index is 0.124. The molecule has 0 saturated heterocycles. The van der Waals surface area contributed by atoms with Gasteiger partial charge in [0.1, 0.15) is 18.5 Å². The van der Waals surface area contributed by atoms with Crippen molar-refractivity contribution in [2.75, 3.05) is 6.61 Å². The molecule has 76 valence electrons. The smallest absolute Gasteiger partial charge is 0.302 e. The Morgan fingerprint density at radius 1 is 1.36 bits per heavy atom. The van der Waals surface area contributed by atoms with Crippen molar-refractivity contribution in [2.24, 2.45) is 0 Å². The van der Waals surface area contributed by atoms with Crippen molar-refractivity contribution in [3.8, 4) is 5.75 Å². The molecular formula is C11H14O3. The third-order valence-electron chi connectivity index (χ3n) is 1.60. The maximum atomic E-state index is 10.5. The zero-order valence-electron chi connectivity index (χ0n) is 8.40. The Morgan fingerprint density at radius 2 is 2.00 bits per heavy atom. The van der Waals surface area contributed by atoms with Gasteiger partial charge in [-0.15, -0.1) is 0 Å². The zero-order chi connectivity index (χ0) is 10.4. The van der Waals surface area contributed by atoms with Crippen molar-refractivity contribution in [3.05, 3.63) is 30.3 Å². The Balaban J connectivity index is 2.34. The van der Waals surface area contributed by atoms with Gasteiger partial charge in [-0.2, -0.15) is 0 Å². The van der Waals surface area contributed by atoms with Crippen LogP contribution in [-0.4, -0.2) is 18.7 Å². The lowest BCUT2D eigenvalue weighted by molar-refractivity contribution is -0.143. The second kappa shape index (κ2) is 5.27. The topological polar surface area (TPSA) is 35.5 Å². The summed E-state index contributed by atoms with van der Waals surface area (Å²) in [6.07, 6.45) is -0.124. The van der Waals surface area contributed by atoms with Gasteiger partial charge in [-0.1, -0.05) is 18.2 Å². The number of rotatable bonds is 4. The predicted octanol–water partition coefficient (Wildman–Crippen LogP) is 2.02. The molecule has 0 heterocycles. The third kappa shape index (κ3) is 3.94. The second-order valence-electron chi connectivity index (χ2n) is 3.04. The lowest BCUT2D eigenvalue weighted by Crippen LogP contribution is -2.20. The lowest BCUT2D eigenvalue weighted by atomic mass is 10.3. The fourth-order valence-corrected chi connectivity index (χ4v) is 1.00. The van der Waals surface area contributed by atoms with E-state index in [1.807, 2.05) is 37.3 Å². The molecule has 3 nitrogen and oxygen atoms in total. The van der Waals surface area contributed by atoms with Crippen LogP contribution in [0.25, 0.3) is 0 Å². The number of para-hydroxylation sites is 1. The summed E-state index contributed by atoms with van der Waals surface area (Å²) in [6.45, 7) is 3.52. The predicted molar refractivity (Wildman–Crippen MR) is 53.2 cm³/mol. The summed E-state index contributed by atoms with van der Waals surface area (Å²) in [6, 6.07) is 9.44. The first-order chi connectivity index (χ1) is 6.68. The molecule has 0 saturated carbocycles. The Labute approximate surface area is 83.6 Å². The van der Waals surface area contributed by atoms with Crippen LogP contribution >= 0.6 is 0 Å². The lowest BCUT2D eigenvalue weighted by Gasteiger charge is -2.13. The van der Waals surface area contributed by atoms with E-state index in [0.29, 0.717) is 0 Å². The summed E-state index contributed by atoms with van der Waals surface area (Å²) >= 11 is 0. The van der Waals surface area contributed by atoms with Gasteiger partial charge in [-0.05, 0) is 19.1 Å². The number of benzene rings is 1. The van der Waals surface area contributed by atoms with Crippen molar-refractivity contribution in [1.29, 1.82) is 0 Å². The zero-order valence-corrected chi connectivity index (χ0v) is 8.40. The molecule has 0 spiro atoms. The molecule has 0 aromatic heterocycles. The summed E-state index contributed by atoms with van der Waals surface area (Å²) in [5.41, 5.74) is 0. The Bertz CT molecular complexity index is 282. The van der Waals surface area contributed by atoms with Gasteiger partial charge >= 0.3 is 5.97 Å². The van der Waals surface area contributed by atoms with Crippen LogP contribution in [0.1, 0.15) is 13.8 Å². The summed E-state index contributed by atoms with van der Waals surface area (Å²) in [4.78, 5) is 10.5. The Morgan fingerprint density at radius 3 is 2.57 bits per heavy atom. The molecule has 1 atom stereocenters. The van der Waals surface area contributed by atoms with E-state index in [4.69, 9.17) is 9.47 Å². The van der Waals surface area contributed by atoms with Gasteiger partial charge < -0.3 is 9.47 Å². The average Bonchev–Trinajstić information content (AvgIpc) is 2.16. The molecule has 0 bridgehead atoms. The quantitative estimate of drug-likeness (QED) is 0.688. The van der Waals surface area contributed by atoms with Crippen LogP contribution in [0.5, 0.6) is 5.75 Å². The molecule has 0 N–H and O–H groups in total. The second-order valence-corrected chi connectivity index (χ2v) is 3.04. The first-order valence-corrected chi connectivity index (χ1v) is 4.53. The number of carbonyl (C=O) groups excluding carboxylic acids is 1. The van der Waals surface area contributed by atoms with E-state index < -0.39 is 0 Å². The van der Waals surface area contributed by atoms with Gasteiger partial charge in [0, 0.05) is 6.92 Å². The highest BCUT2D eigenvalue weighted by Crippen LogP contribution is 2.10. The number of hydrogen-bond donors (Lipinski definition) is 0. The highest BCUT2D eigenvalue weighted by Gasteiger charge is 2.04. The van der Waals surface area contributed by atoms with Crippen LogP contribution < -0.4 is 4.74 Å². The van der Waals surface area contributed by atoms with Crippen LogP contribution in [0, 0.1) is 0 Å². The van der Waals surface area contributed by atoms with Crippen LogP contribution in [0.4, 0.5) is 0 Å². The highest BCUT2D eigenvalue weighted by molar-refractivity contribution is 5.65. The maximum absolute atomic E-state index is 10.5. The van der Waals surface area contributed by atoms with Crippen LogP contribution in [0.15, 0.2) is 30.3 Å². The van der Waals surface area contributed by atoms with Crippen molar-refractivity contribution in [3.63, 3.8) is 0 Å². The van der Waals surface area contributed by atoms with Crippen molar-refractivity contribution in [1.82, 2.24) is 0 Å². The molecule has 1 aromatic carbocycles. The minimum Gasteiger partial charge on any atom is -0.487 e. The first kappa shape index (κ1) is 10.6. The fourth-order valence-electron chi connectivity index (χ4n) is 1.00. The van der Waals surface area contributed by atoms with Gasteiger partial charge in [0.25, 0.3) is 0 Å². The average molecular weight is 194 g/mol. The number of ether oxygens (including phenoxy) is 2. The summed E-state index contributed by atoms with van der Waals surface area (Å²) in [5, 5.41) is 0. The van der Waals surface area contributed by atoms with Gasteiger partial charge in [-0.3, -0.25) is 4.79 Å². The largest absolute Gasteiger partial charge is 0.487 e. The molecule has 0 aliphatic heterocycles. The van der Waals surface area contributed by atoms with Crippen LogP contribution in [0.3, 0.4) is 0 Å². The van der Waals surface area contributed by atoms with Gasteiger partial charge in [0.2, 0.25) is 0 Å². The molecule has 3 heteroatoms. The van der Waals surface area contributed by atoms with E-state index in [9.17, 15) is 4.79 Å². The molecule has 0 aliphatic rings. The normalized spacial score (nSPS) is 11.9. The monoisotopic (exact) mass is 194 g/mol. The molecule has 0 amide bonds. The standard InChI is InChI=1S/C11H14O3/c1-9(8-13-10(2)12)14-11-6-4-3-5-7-11/h3-7,9H,8H2,1-2H3. The Hall–Kier alpha value is -1.51. The molecule has 1 unspecified atom stereocenters. The summed E-state index contributed by atoms with van der Waals surface area (Å²) in [7, 11) is 0. The molecule has 14 heavy (non-hydrogen) atoms. The molecule has 0 fully saturated rings. The van der Waals surface area contributed by atoms with Gasteiger partial charge in [-0.25, -0.2) is 0 Å². The van der Waals surface area contributed by atoms with Crippen LogP contribution in [-0.2, 0) is 9.53 Å². The molecule has 0 radical (unpaired) electrons. The maximum Gasteiger partial charge on any atom is 0.302 e. The third-order valence-corrected chi connectivity index (χ3v) is 1.60. The molecule has 0 aliphatic carbocycles. The minimum atomic E-state index is -0.284. The molecular weight excluding hydrogens is 180 g/mol. The van der Waals surface area contributed by atoms with Gasteiger partial charge in [0.15, 0.2) is 0 Å². The van der Waals surface area contributed by atoms with E-state index in [2.05, 4.69) is 0 Å². The highest BCUT2D eigenvalue weighted by atomic mass is 16.6. The van der Waals surface area contributed by atoms with E-state index in [-0.39, 0.29) is 18.7 Å². The van der Waals surface area contributed by atoms with Crippen LogP contribution in [0.2, 0.25) is 0 Å². The number of hydrogen-bond acceptors (Lipinski definition) is 3. The van der Waals surface area contributed by atoms with E-state index in [1.54, 1.807) is 0 Å². The van der Waals surface area contributed by atoms with E-state index in [0.717, 1.165) is 5.75 Å². The van der Waals surface area contributed by atoms with Crippen molar-refractivity contribution in [2.45, 2.75) is 20.0 Å². The van der Waals surface area contributed by atoms with Crippen molar-refractivity contribution < 1.29 is 14.3 Å². The van der Waals surface area contributed by atoms with Crippen molar-refractivity contribution >= 4 is 5.97 Å². The van der Waals surface area contributed by atoms with Gasteiger partial charge in [0.05, 0.1) is 0 Å². The van der Waals surface area contributed by atoms with E-state index >= 15 is 0 Å². The molecule has 1 rings (SSSR count). The summed E-state index contributed by atoms with van der Waals surface area (Å²) in [5.74, 6) is 0.501. The number of esters is 1. The first-order valence-electron chi connectivity index (χ1n) is 4.53. The van der Waals surface area contributed by atoms with E-state index in [1.165, 1.54) is 6.92 Å². The number of carbonyl (C=O) groups is 1. The fraction of sp³-hybridized carbons (Fsp3) is 0.364. The SMILES string of the molecule is CC(=O)OCC(C)Oc1ccccc1. The Kier molecular flexibility index (Phi) is 3.98.